The van der Waals surface area contributed by atoms with Crippen molar-refractivity contribution in [1.29, 1.82) is 0 Å². The summed E-state index contributed by atoms with van der Waals surface area (Å²) in [6, 6.07) is 17.3. The van der Waals surface area contributed by atoms with Crippen LogP contribution in [0.15, 0.2) is 60.7 Å². The lowest BCUT2D eigenvalue weighted by molar-refractivity contribution is 0.112. The van der Waals surface area contributed by atoms with Crippen LogP contribution < -0.4 is 4.74 Å². The molecule has 0 unspecified atom stereocenters. The summed E-state index contributed by atoms with van der Waals surface area (Å²) < 4.78 is 5.86. The number of hydrogen-bond acceptors (Lipinski definition) is 4. The molecular formula is C20H14O4. The van der Waals surface area contributed by atoms with Gasteiger partial charge in [-0.1, -0.05) is 36.4 Å². The SMILES string of the molecule is O=Cc1ccccc1C1c2ccc(O)cc2Oc2cc(O)ccc21. The molecule has 1 aliphatic heterocycles. The van der Waals surface area contributed by atoms with Crippen molar-refractivity contribution in [2.45, 2.75) is 5.92 Å². The lowest BCUT2D eigenvalue weighted by atomic mass is 9.81. The summed E-state index contributed by atoms with van der Waals surface area (Å²) in [4.78, 5) is 11.5. The molecule has 4 rings (SSSR count). The summed E-state index contributed by atoms with van der Waals surface area (Å²) in [6.07, 6.45) is 0.838. The molecule has 0 saturated heterocycles. The highest BCUT2D eigenvalue weighted by Crippen LogP contribution is 2.49. The van der Waals surface area contributed by atoms with Crippen molar-refractivity contribution >= 4 is 6.29 Å². The summed E-state index contributed by atoms with van der Waals surface area (Å²) in [6.45, 7) is 0. The quantitative estimate of drug-likeness (QED) is 0.544. The number of carbonyl (C=O) groups excluding carboxylic acids is 1. The van der Waals surface area contributed by atoms with Crippen LogP contribution in [0.25, 0.3) is 0 Å². The molecule has 118 valence electrons. The predicted molar refractivity (Wildman–Crippen MR) is 89.1 cm³/mol. The van der Waals surface area contributed by atoms with Gasteiger partial charge < -0.3 is 14.9 Å². The Morgan fingerprint density at radius 1 is 0.792 bits per heavy atom. The minimum atomic E-state index is -0.216. The monoisotopic (exact) mass is 318 g/mol. The van der Waals surface area contributed by atoms with Gasteiger partial charge >= 0.3 is 0 Å². The van der Waals surface area contributed by atoms with Gasteiger partial charge in [0.25, 0.3) is 0 Å². The van der Waals surface area contributed by atoms with Gasteiger partial charge in [0.15, 0.2) is 0 Å². The first-order valence-electron chi connectivity index (χ1n) is 7.55. The molecule has 4 nitrogen and oxygen atoms in total. The third-order valence-electron chi connectivity index (χ3n) is 4.27. The molecule has 0 radical (unpaired) electrons. The smallest absolute Gasteiger partial charge is 0.150 e. The normalized spacial score (nSPS) is 12.8. The van der Waals surface area contributed by atoms with Crippen LogP contribution in [0.3, 0.4) is 0 Å². The van der Waals surface area contributed by atoms with Gasteiger partial charge in [0.1, 0.15) is 29.3 Å². The maximum absolute atomic E-state index is 11.5. The van der Waals surface area contributed by atoms with Crippen molar-refractivity contribution in [3.05, 3.63) is 82.9 Å². The summed E-state index contributed by atoms with van der Waals surface area (Å²) >= 11 is 0. The molecular weight excluding hydrogens is 304 g/mol. The molecule has 0 aliphatic carbocycles. The van der Waals surface area contributed by atoms with Crippen LogP contribution in [0.4, 0.5) is 0 Å². The average Bonchev–Trinajstić information content (AvgIpc) is 2.59. The first kappa shape index (κ1) is 14.3. The number of ether oxygens (including phenoxy) is 1. The summed E-state index contributed by atoms with van der Waals surface area (Å²) in [5.74, 6) is 1.00. The topological polar surface area (TPSA) is 66.8 Å². The van der Waals surface area contributed by atoms with Crippen LogP contribution >= 0.6 is 0 Å². The molecule has 4 heteroatoms. The zero-order valence-corrected chi connectivity index (χ0v) is 12.6. The van der Waals surface area contributed by atoms with Crippen LogP contribution in [0, 0.1) is 0 Å². The number of aldehydes is 1. The zero-order chi connectivity index (χ0) is 16.7. The predicted octanol–water partition coefficient (Wildman–Crippen LogP) is 4.20. The molecule has 0 fully saturated rings. The van der Waals surface area contributed by atoms with E-state index >= 15 is 0 Å². The van der Waals surface area contributed by atoms with Gasteiger partial charge in [-0.2, -0.15) is 0 Å². The molecule has 0 aromatic heterocycles. The maximum Gasteiger partial charge on any atom is 0.150 e. The van der Waals surface area contributed by atoms with Crippen molar-refractivity contribution in [2.75, 3.05) is 0 Å². The van der Waals surface area contributed by atoms with Gasteiger partial charge in [0.05, 0.1) is 0 Å². The van der Waals surface area contributed by atoms with Crippen LogP contribution in [0.2, 0.25) is 0 Å². The van der Waals surface area contributed by atoms with E-state index in [9.17, 15) is 15.0 Å². The van der Waals surface area contributed by atoms with Crippen LogP contribution in [-0.4, -0.2) is 16.5 Å². The summed E-state index contributed by atoms with van der Waals surface area (Å²) in [5.41, 5.74) is 3.18. The first-order valence-corrected chi connectivity index (χ1v) is 7.55. The number of rotatable bonds is 2. The van der Waals surface area contributed by atoms with Gasteiger partial charge in [0, 0.05) is 34.7 Å². The van der Waals surface area contributed by atoms with E-state index in [1.807, 2.05) is 18.2 Å². The third-order valence-corrected chi connectivity index (χ3v) is 4.27. The van der Waals surface area contributed by atoms with Crippen LogP contribution in [-0.2, 0) is 0 Å². The van der Waals surface area contributed by atoms with Crippen molar-refractivity contribution in [2.24, 2.45) is 0 Å². The number of hydrogen-bond donors (Lipinski definition) is 2. The van der Waals surface area contributed by atoms with Crippen LogP contribution in [0.5, 0.6) is 23.0 Å². The van der Waals surface area contributed by atoms with Gasteiger partial charge in [-0.25, -0.2) is 0 Å². The highest BCUT2D eigenvalue weighted by molar-refractivity contribution is 5.79. The van der Waals surface area contributed by atoms with Crippen molar-refractivity contribution < 1.29 is 19.7 Å². The Kier molecular flexibility index (Phi) is 3.24. The van der Waals surface area contributed by atoms with Crippen LogP contribution in [0.1, 0.15) is 33.0 Å². The summed E-state index contributed by atoms with van der Waals surface area (Å²) in [5, 5.41) is 19.5. The third kappa shape index (κ3) is 2.20. The fourth-order valence-electron chi connectivity index (χ4n) is 3.20. The Labute approximate surface area is 138 Å². The molecule has 0 amide bonds. The van der Waals surface area contributed by atoms with E-state index in [4.69, 9.17) is 4.74 Å². The fraction of sp³-hybridized carbons (Fsp3) is 0.0500. The maximum atomic E-state index is 11.5. The largest absolute Gasteiger partial charge is 0.508 e. The highest BCUT2D eigenvalue weighted by atomic mass is 16.5. The van der Waals surface area contributed by atoms with Crippen molar-refractivity contribution in [3.63, 3.8) is 0 Å². The number of fused-ring (bicyclic) bond motifs is 2. The minimum absolute atomic E-state index is 0.0970. The molecule has 0 spiro atoms. The van der Waals surface area contributed by atoms with E-state index in [0.29, 0.717) is 17.1 Å². The molecule has 3 aromatic carbocycles. The number of aromatic hydroxyl groups is 2. The lowest BCUT2D eigenvalue weighted by Crippen LogP contribution is -2.13. The molecule has 0 saturated carbocycles. The second kappa shape index (κ2) is 5.42. The molecule has 24 heavy (non-hydrogen) atoms. The summed E-state index contributed by atoms with van der Waals surface area (Å²) in [7, 11) is 0. The molecule has 1 heterocycles. The van der Waals surface area contributed by atoms with Gasteiger partial charge in [-0.15, -0.1) is 0 Å². The second-order valence-electron chi connectivity index (χ2n) is 5.73. The second-order valence-corrected chi connectivity index (χ2v) is 5.73. The number of carbonyl (C=O) groups is 1. The van der Waals surface area contributed by atoms with E-state index in [1.165, 1.54) is 0 Å². The van der Waals surface area contributed by atoms with E-state index in [2.05, 4.69) is 0 Å². The van der Waals surface area contributed by atoms with Crippen molar-refractivity contribution in [1.82, 2.24) is 0 Å². The fourth-order valence-corrected chi connectivity index (χ4v) is 3.20. The molecule has 0 bridgehead atoms. The minimum Gasteiger partial charge on any atom is -0.508 e. The number of phenols is 2. The highest BCUT2D eigenvalue weighted by Gasteiger charge is 2.30. The lowest BCUT2D eigenvalue weighted by Gasteiger charge is -2.29. The average molecular weight is 318 g/mol. The zero-order valence-electron chi connectivity index (χ0n) is 12.6. The molecule has 2 N–H and O–H groups in total. The first-order chi connectivity index (χ1) is 11.7. The number of phenolic OH excluding ortho intramolecular Hbond substituents is 2. The standard InChI is InChI=1S/C20H14O4/c21-11-12-3-1-2-4-15(12)20-16-7-5-13(22)9-18(16)24-19-10-14(23)6-8-17(19)20/h1-11,20,22-23H. The Morgan fingerprint density at radius 2 is 1.38 bits per heavy atom. The van der Waals surface area contributed by atoms with E-state index in [1.54, 1.807) is 42.5 Å². The van der Waals surface area contributed by atoms with E-state index < -0.39 is 0 Å². The Hall–Kier alpha value is -3.27. The Bertz CT molecular complexity index is 895. The van der Waals surface area contributed by atoms with Crippen molar-refractivity contribution in [3.8, 4) is 23.0 Å². The van der Waals surface area contributed by atoms with E-state index in [-0.39, 0.29) is 17.4 Å². The Balaban J connectivity index is 2.01. The van der Waals surface area contributed by atoms with Gasteiger partial charge in [-0.05, 0) is 17.7 Å². The number of benzene rings is 3. The Morgan fingerprint density at radius 3 is 1.96 bits per heavy atom. The molecule has 1 aliphatic rings. The molecule has 0 atom stereocenters. The van der Waals surface area contributed by atoms with Gasteiger partial charge in [0.2, 0.25) is 0 Å². The van der Waals surface area contributed by atoms with Gasteiger partial charge in [-0.3, -0.25) is 4.79 Å². The van der Waals surface area contributed by atoms with E-state index in [0.717, 1.165) is 23.0 Å². The molecule has 3 aromatic rings.